The lowest BCUT2D eigenvalue weighted by Gasteiger charge is -2.36. The molecule has 0 radical (unpaired) electrons. The number of benzene rings is 3. The minimum Gasteiger partial charge on any atom is -0.352 e. The van der Waals surface area contributed by atoms with Crippen molar-refractivity contribution in [3.05, 3.63) is 105 Å². The van der Waals surface area contributed by atoms with Crippen molar-refractivity contribution in [2.45, 2.75) is 12.1 Å². The van der Waals surface area contributed by atoms with E-state index < -0.39 is 52.3 Å². The maximum atomic E-state index is 14.0. The summed E-state index contributed by atoms with van der Waals surface area (Å²) in [6, 6.07) is 14.5. The number of para-hydroxylation sites is 1. The predicted octanol–water partition coefficient (Wildman–Crippen LogP) is 4.66. The Hall–Kier alpha value is -4.37. The molecule has 2 saturated heterocycles. The number of imide groups is 1. The van der Waals surface area contributed by atoms with Crippen LogP contribution in [0.15, 0.2) is 72.8 Å². The van der Waals surface area contributed by atoms with Gasteiger partial charge in [0.15, 0.2) is 5.78 Å². The molecule has 3 aromatic rings. The number of carbonyl (C=O) groups excluding carboxylic acids is 3. The third-order valence-electron chi connectivity index (χ3n) is 7.19. The fraction of sp³-hybridized carbons (Fsp3) is 0.148. The molecule has 184 valence electrons. The number of amides is 2. The topological polar surface area (TPSA) is 101 Å². The molecule has 0 unspecified atom stereocenters. The molecule has 10 heteroatoms. The van der Waals surface area contributed by atoms with Crippen LogP contribution in [0.1, 0.15) is 15.9 Å². The van der Waals surface area contributed by atoms with Gasteiger partial charge in [0.2, 0.25) is 11.8 Å². The number of non-ortho nitro benzene ring substituents is 1. The number of rotatable bonds is 4. The normalized spacial score (nSPS) is 23.6. The molecule has 0 saturated carbocycles. The maximum absolute atomic E-state index is 14.0. The van der Waals surface area contributed by atoms with Crippen LogP contribution in [0.3, 0.4) is 0 Å². The molecule has 2 fully saturated rings. The van der Waals surface area contributed by atoms with E-state index >= 15 is 0 Å². The summed E-state index contributed by atoms with van der Waals surface area (Å²) >= 11 is 5.92. The lowest BCUT2D eigenvalue weighted by Crippen LogP contribution is -2.48. The molecule has 3 aliphatic rings. The maximum Gasteiger partial charge on any atom is 0.270 e. The SMILES string of the molecule is O=C(c1cccc([N+](=O)[O-])c1)[C@@H]1[C@H]2C(=O)N(c3ccc(F)c(Cl)c3)C(=O)[C@@H]2[C@H]2C=Cc3ccccc3N21. The van der Waals surface area contributed by atoms with Crippen molar-refractivity contribution in [3.63, 3.8) is 0 Å². The Kier molecular flexibility index (Phi) is 5.20. The average molecular weight is 518 g/mol. The number of hydrogen-bond acceptors (Lipinski definition) is 6. The Morgan fingerprint density at radius 2 is 1.73 bits per heavy atom. The van der Waals surface area contributed by atoms with Gasteiger partial charge in [-0.2, -0.15) is 0 Å². The number of anilines is 2. The third kappa shape index (κ3) is 3.38. The second-order valence-corrected chi connectivity index (χ2v) is 9.50. The number of nitrogens with zero attached hydrogens (tertiary/aromatic N) is 3. The number of nitro benzene ring substituents is 1. The van der Waals surface area contributed by atoms with Crippen LogP contribution in [0.2, 0.25) is 5.02 Å². The first-order valence-electron chi connectivity index (χ1n) is 11.4. The van der Waals surface area contributed by atoms with Crippen LogP contribution < -0.4 is 9.80 Å². The predicted molar refractivity (Wildman–Crippen MR) is 134 cm³/mol. The molecule has 37 heavy (non-hydrogen) atoms. The van der Waals surface area contributed by atoms with E-state index in [0.717, 1.165) is 16.5 Å². The van der Waals surface area contributed by atoms with E-state index in [-0.39, 0.29) is 22.0 Å². The summed E-state index contributed by atoms with van der Waals surface area (Å²) in [6.07, 6.45) is 3.65. The molecule has 0 spiro atoms. The molecule has 6 rings (SSSR count). The highest BCUT2D eigenvalue weighted by Gasteiger charge is 2.64. The van der Waals surface area contributed by atoms with Crippen molar-refractivity contribution in [2.75, 3.05) is 9.80 Å². The van der Waals surface area contributed by atoms with Crippen LogP contribution in [0.5, 0.6) is 0 Å². The van der Waals surface area contributed by atoms with E-state index in [4.69, 9.17) is 11.6 Å². The summed E-state index contributed by atoms with van der Waals surface area (Å²) in [6.45, 7) is 0. The molecular formula is C27H17ClFN3O5. The Morgan fingerprint density at radius 3 is 2.49 bits per heavy atom. The second-order valence-electron chi connectivity index (χ2n) is 9.09. The highest BCUT2D eigenvalue weighted by atomic mass is 35.5. The molecule has 0 bridgehead atoms. The van der Waals surface area contributed by atoms with Crippen molar-refractivity contribution in [3.8, 4) is 0 Å². The Balaban J connectivity index is 1.49. The van der Waals surface area contributed by atoms with Gasteiger partial charge in [0.25, 0.3) is 5.69 Å². The summed E-state index contributed by atoms with van der Waals surface area (Å²) in [4.78, 5) is 55.0. The number of nitro groups is 1. The zero-order valence-electron chi connectivity index (χ0n) is 19.0. The molecule has 4 atom stereocenters. The fourth-order valence-electron chi connectivity index (χ4n) is 5.64. The Bertz CT molecular complexity index is 1560. The average Bonchev–Trinajstić information content (AvgIpc) is 3.38. The van der Waals surface area contributed by atoms with Crippen LogP contribution in [0.4, 0.5) is 21.5 Å². The fourth-order valence-corrected chi connectivity index (χ4v) is 5.81. The smallest absolute Gasteiger partial charge is 0.270 e. The number of hydrogen-bond donors (Lipinski definition) is 0. The molecule has 0 N–H and O–H groups in total. The monoisotopic (exact) mass is 517 g/mol. The number of fused-ring (bicyclic) bond motifs is 5. The highest BCUT2D eigenvalue weighted by molar-refractivity contribution is 6.32. The van der Waals surface area contributed by atoms with E-state index in [1.807, 2.05) is 24.3 Å². The first-order chi connectivity index (χ1) is 17.8. The molecule has 0 aliphatic carbocycles. The number of Topliss-reactive ketones (excluding diaryl/α,β-unsaturated/α-hetero) is 1. The van der Waals surface area contributed by atoms with E-state index in [2.05, 4.69) is 0 Å². The van der Waals surface area contributed by atoms with Gasteiger partial charge in [-0.25, -0.2) is 9.29 Å². The van der Waals surface area contributed by atoms with Gasteiger partial charge >= 0.3 is 0 Å². The van der Waals surface area contributed by atoms with Crippen molar-refractivity contribution in [1.29, 1.82) is 0 Å². The zero-order chi connectivity index (χ0) is 26.0. The third-order valence-corrected chi connectivity index (χ3v) is 7.48. The van der Waals surface area contributed by atoms with E-state index in [1.165, 1.54) is 36.4 Å². The first-order valence-corrected chi connectivity index (χ1v) is 11.8. The van der Waals surface area contributed by atoms with Crippen LogP contribution in [-0.2, 0) is 9.59 Å². The summed E-state index contributed by atoms with van der Waals surface area (Å²) in [7, 11) is 0. The van der Waals surface area contributed by atoms with Crippen LogP contribution in [-0.4, -0.2) is 34.6 Å². The lowest BCUT2D eigenvalue weighted by atomic mass is 9.86. The minimum atomic E-state index is -1.10. The summed E-state index contributed by atoms with van der Waals surface area (Å²) in [5.41, 5.74) is 1.42. The molecule has 3 aliphatic heterocycles. The van der Waals surface area contributed by atoms with Crippen molar-refractivity contribution in [2.24, 2.45) is 11.8 Å². The van der Waals surface area contributed by atoms with Gasteiger partial charge in [0.1, 0.15) is 11.9 Å². The van der Waals surface area contributed by atoms with Gasteiger partial charge in [-0.05, 0) is 29.8 Å². The largest absolute Gasteiger partial charge is 0.352 e. The van der Waals surface area contributed by atoms with Gasteiger partial charge in [-0.15, -0.1) is 0 Å². The quantitative estimate of drug-likeness (QED) is 0.216. The lowest BCUT2D eigenvalue weighted by molar-refractivity contribution is -0.384. The molecule has 3 heterocycles. The van der Waals surface area contributed by atoms with E-state index in [9.17, 15) is 28.9 Å². The van der Waals surface area contributed by atoms with Gasteiger partial charge in [0, 0.05) is 23.4 Å². The van der Waals surface area contributed by atoms with Crippen LogP contribution >= 0.6 is 11.6 Å². The van der Waals surface area contributed by atoms with E-state index in [1.54, 1.807) is 17.0 Å². The summed E-state index contributed by atoms with van der Waals surface area (Å²) in [5.74, 6) is -4.29. The van der Waals surface area contributed by atoms with Gasteiger partial charge in [0.05, 0.1) is 33.5 Å². The molecule has 0 aromatic heterocycles. The molecule has 2 amide bonds. The first kappa shape index (κ1) is 23.1. The second kappa shape index (κ2) is 8.35. The van der Waals surface area contributed by atoms with Crippen molar-refractivity contribution in [1.82, 2.24) is 0 Å². The number of ketones is 1. The Labute approximate surface area is 214 Å². The Morgan fingerprint density at radius 1 is 0.973 bits per heavy atom. The van der Waals surface area contributed by atoms with Crippen LogP contribution in [0.25, 0.3) is 6.08 Å². The van der Waals surface area contributed by atoms with Gasteiger partial charge < -0.3 is 4.90 Å². The molecule has 3 aromatic carbocycles. The zero-order valence-corrected chi connectivity index (χ0v) is 19.7. The molecule has 8 nitrogen and oxygen atoms in total. The minimum absolute atomic E-state index is 0.0640. The molecular weight excluding hydrogens is 501 g/mol. The van der Waals surface area contributed by atoms with Gasteiger partial charge in [-0.1, -0.05) is 54.1 Å². The van der Waals surface area contributed by atoms with Gasteiger partial charge in [-0.3, -0.25) is 24.5 Å². The van der Waals surface area contributed by atoms with Crippen molar-refractivity contribution < 1.29 is 23.7 Å². The van der Waals surface area contributed by atoms with Crippen LogP contribution in [0, 0.1) is 27.8 Å². The number of halogens is 2. The van der Waals surface area contributed by atoms with E-state index in [0.29, 0.717) is 5.69 Å². The standard InChI is InChI=1S/C27H17ClFN3O5/c28-18-13-16(9-10-19(18)29)30-26(34)22-21-11-8-14-4-1-2-7-20(14)31(21)24(23(22)27(30)35)25(33)15-5-3-6-17(12-15)32(36)37/h1-13,21-24H/t21-,22-,23+,24+/m1/s1. The number of carbonyl (C=O) groups is 3. The summed E-state index contributed by atoms with van der Waals surface area (Å²) < 4.78 is 13.8. The summed E-state index contributed by atoms with van der Waals surface area (Å²) in [5, 5.41) is 11.1. The van der Waals surface area contributed by atoms with Crippen molar-refractivity contribution >= 4 is 52.3 Å². The highest BCUT2D eigenvalue weighted by Crippen LogP contribution is 2.50.